The second kappa shape index (κ2) is 9.82. The lowest BCUT2D eigenvalue weighted by Crippen LogP contribution is -2.59. The molecule has 7 nitrogen and oxygen atoms in total. The highest BCUT2D eigenvalue weighted by molar-refractivity contribution is 6.06. The van der Waals surface area contributed by atoms with Crippen molar-refractivity contribution >= 4 is 23.4 Å². The Labute approximate surface area is 206 Å². The molecule has 0 aromatic heterocycles. The lowest BCUT2D eigenvalue weighted by molar-refractivity contribution is -0.131. The van der Waals surface area contributed by atoms with Crippen LogP contribution in [0.25, 0.3) is 11.1 Å². The Hall–Kier alpha value is -3.19. The number of carbonyl (C=O) groups is 3. The summed E-state index contributed by atoms with van der Waals surface area (Å²) in [4.78, 5) is 39.6. The first kappa shape index (κ1) is 23.5. The minimum absolute atomic E-state index is 0.153. The van der Waals surface area contributed by atoms with E-state index in [4.69, 9.17) is 0 Å². The number of carbonyl (C=O) groups excluding carboxylic acids is 3. The van der Waals surface area contributed by atoms with Gasteiger partial charge in [0, 0.05) is 11.6 Å². The number of para-hydroxylation sites is 1. The van der Waals surface area contributed by atoms with Crippen molar-refractivity contribution in [1.82, 2.24) is 16.1 Å². The summed E-state index contributed by atoms with van der Waals surface area (Å²) in [6, 6.07) is 14.7. The molecule has 1 saturated carbocycles. The Balaban J connectivity index is 1.29. The number of amides is 3. The summed E-state index contributed by atoms with van der Waals surface area (Å²) in [5, 5.41) is 7.73. The molecule has 3 N–H and O–H groups in total. The number of nitrogens with zero attached hydrogens (tertiary/aromatic N) is 1. The van der Waals surface area contributed by atoms with Crippen LogP contribution in [-0.4, -0.2) is 35.8 Å². The number of hydrogen-bond donors (Lipinski definition) is 3. The zero-order valence-corrected chi connectivity index (χ0v) is 20.4. The van der Waals surface area contributed by atoms with Gasteiger partial charge in [-0.05, 0) is 62.6 Å². The number of anilines is 1. The van der Waals surface area contributed by atoms with E-state index in [2.05, 4.69) is 16.1 Å². The number of hydrazine groups is 1. The average Bonchev–Trinajstić information content (AvgIpc) is 2.98. The molecule has 5 atom stereocenters. The van der Waals surface area contributed by atoms with E-state index in [1.807, 2.05) is 55.5 Å². The van der Waals surface area contributed by atoms with E-state index in [-0.39, 0.29) is 17.9 Å². The Morgan fingerprint density at radius 1 is 0.971 bits per heavy atom. The number of piperidine rings is 1. The molecule has 2 aromatic rings. The summed E-state index contributed by atoms with van der Waals surface area (Å²) in [5.74, 6) is -0.565. The number of nitrogens with one attached hydrogen (secondary N) is 3. The van der Waals surface area contributed by atoms with E-state index in [0.29, 0.717) is 17.6 Å². The highest BCUT2D eigenvalue weighted by Crippen LogP contribution is 2.40. The minimum Gasteiger partial charge on any atom is -0.343 e. The van der Waals surface area contributed by atoms with Gasteiger partial charge in [-0.25, -0.2) is 5.01 Å². The van der Waals surface area contributed by atoms with Crippen molar-refractivity contribution in [2.75, 3.05) is 5.01 Å². The van der Waals surface area contributed by atoms with Gasteiger partial charge in [0.25, 0.3) is 11.8 Å². The predicted molar refractivity (Wildman–Crippen MR) is 135 cm³/mol. The van der Waals surface area contributed by atoms with Crippen LogP contribution in [-0.2, 0) is 14.4 Å². The lowest BCUT2D eigenvalue weighted by atomic mass is 9.77. The number of rotatable bonds is 4. The molecule has 3 amide bonds. The smallest absolute Gasteiger partial charge is 0.261 e. The van der Waals surface area contributed by atoms with Crippen LogP contribution in [0.2, 0.25) is 0 Å². The second-order valence-electron chi connectivity index (χ2n) is 10.2. The van der Waals surface area contributed by atoms with Gasteiger partial charge in [0.15, 0.2) is 0 Å². The first-order chi connectivity index (χ1) is 16.9. The molecule has 2 heterocycles. The van der Waals surface area contributed by atoms with Crippen molar-refractivity contribution in [3.05, 3.63) is 54.1 Å². The molecule has 1 saturated heterocycles. The molecule has 5 rings (SSSR count). The summed E-state index contributed by atoms with van der Waals surface area (Å²) in [6.07, 6.45) is 6.66. The third-order valence-electron chi connectivity index (χ3n) is 7.89. The zero-order valence-electron chi connectivity index (χ0n) is 20.4. The monoisotopic (exact) mass is 474 g/mol. The first-order valence-electron chi connectivity index (χ1n) is 12.8. The second-order valence-corrected chi connectivity index (χ2v) is 10.2. The molecule has 0 spiro atoms. The van der Waals surface area contributed by atoms with Crippen LogP contribution in [0.15, 0.2) is 48.5 Å². The Morgan fingerprint density at radius 2 is 1.69 bits per heavy atom. The van der Waals surface area contributed by atoms with Gasteiger partial charge in [-0.1, -0.05) is 55.3 Å². The SMILES string of the molecule is CC1C(=O)N(NC(=O)[C@H](C)NC(=O)C2CCC3CCCCC3N2)c2ccccc2-c2ccccc21. The third kappa shape index (κ3) is 4.57. The van der Waals surface area contributed by atoms with Gasteiger partial charge < -0.3 is 10.6 Å². The van der Waals surface area contributed by atoms with Crippen molar-refractivity contribution in [2.45, 2.75) is 76.4 Å². The lowest BCUT2D eigenvalue weighted by Gasteiger charge is -2.40. The fraction of sp³-hybridized carbons (Fsp3) is 0.464. The van der Waals surface area contributed by atoms with Crippen molar-refractivity contribution in [1.29, 1.82) is 0 Å². The molecule has 3 aliphatic rings. The van der Waals surface area contributed by atoms with E-state index in [9.17, 15) is 14.4 Å². The summed E-state index contributed by atoms with van der Waals surface area (Å²) in [7, 11) is 0. The summed E-state index contributed by atoms with van der Waals surface area (Å²) in [5.41, 5.74) is 6.20. The van der Waals surface area contributed by atoms with Crippen LogP contribution in [0, 0.1) is 5.92 Å². The maximum Gasteiger partial charge on any atom is 0.261 e. The van der Waals surface area contributed by atoms with E-state index in [0.717, 1.165) is 36.0 Å². The summed E-state index contributed by atoms with van der Waals surface area (Å²) in [6.45, 7) is 3.51. The van der Waals surface area contributed by atoms with E-state index >= 15 is 0 Å². The van der Waals surface area contributed by atoms with E-state index < -0.39 is 17.9 Å². The Morgan fingerprint density at radius 3 is 2.51 bits per heavy atom. The average molecular weight is 475 g/mol. The molecule has 35 heavy (non-hydrogen) atoms. The van der Waals surface area contributed by atoms with Gasteiger partial charge in [-0.3, -0.25) is 19.8 Å². The van der Waals surface area contributed by atoms with Gasteiger partial charge >= 0.3 is 0 Å². The van der Waals surface area contributed by atoms with Gasteiger partial charge in [-0.15, -0.1) is 0 Å². The van der Waals surface area contributed by atoms with Gasteiger partial charge in [0.05, 0.1) is 17.6 Å². The van der Waals surface area contributed by atoms with Gasteiger partial charge in [0.2, 0.25) is 5.91 Å². The largest absolute Gasteiger partial charge is 0.343 e. The van der Waals surface area contributed by atoms with Crippen molar-refractivity contribution in [3.63, 3.8) is 0 Å². The molecule has 7 heteroatoms. The summed E-state index contributed by atoms with van der Waals surface area (Å²) >= 11 is 0. The molecule has 1 aliphatic carbocycles. The fourth-order valence-electron chi connectivity index (χ4n) is 5.87. The number of hydrogen-bond acceptors (Lipinski definition) is 4. The number of benzene rings is 2. The van der Waals surface area contributed by atoms with Crippen LogP contribution in [0.4, 0.5) is 5.69 Å². The molecule has 184 valence electrons. The first-order valence-corrected chi connectivity index (χ1v) is 12.8. The van der Waals surface area contributed by atoms with Gasteiger partial charge in [0.1, 0.15) is 6.04 Å². The van der Waals surface area contributed by atoms with Crippen molar-refractivity contribution in [3.8, 4) is 11.1 Å². The van der Waals surface area contributed by atoms with Crippen LogP contribution in [0.5, 0.6) is 0 Å². The van der Waals surface area contributed by atoms with E-state index in [1.54, 1.807) is 6.92 Å². The van der Waals surface area contributed by atoms with Crippen LogP contribution in [0.1, 0.15) is 63.9 Å². The minimum atomic E-state index is -0.783. The number of fused-ring (bicyclic) bond motifs is 4. The normalized spacial score (nSPS) is 26.5. The molecule has 0 bridgehead atoms. The maximum absolute atomic E-state index is 13.4. The van der Waals surface area contributed by atoms with Crippen molar-refractivity contribution in [2.24, 2.45) is 5.92 Å². The molecule has 2 aliphatic heterocycles. The molecular weight excluding hydrogens is 440 g/mol. The highest BCUT2D eigenvalue weighted by atomic mass is 16.2. The maximum atomic E-state index is 13.4. The topological polar surface area (TPSA) is 90.5 Å². The zero-order chi connectivity index (χ0) is 24.5. The molecule has 2 fully saturated rings. The van der Waals surface area contributed by atoms with Crippen LogP contribution < -0.4 is 21.1 Å². The Kier molecular flexibility index (Phi) is 6.60. The third-order valence-corrected chi connectivity index (χ3v) is 7.89. The van der Waals surface area contributed by atoms with Crippen molar-refractivity contribution < 1.29 is 14.4 Å². The van der Waals surface area contributed by atoms with E-state index in [1.165, 1.54) is 24.3 Å². The summed E-state index contributed by atoms with van der Waals surface area (Å²) < 4.78 is 0. The predicted octanol–water partition coefficient (Wildman–Crippen LogP) is 3.65. The van der Waals surface area contributed by atoms with Crippen LogP contribution in [0.3, 0.4) is 0 Å². The molecular formula is C28H34N4O3. The van der Waals surface area contributed by atoms with Gasteiger partial charge in [-0.2, -0.15) is 0 Å². The quantitative estimate of drug-likeness (QED) is 0.631. The van der Waals surface area contributed by atoms with Crippen LogP contribution >= 0.6 is 0 Å². The molecule has 2 aromatic carbocycles. The molecule has 0 radical (unpaired) electrons. The standard InChI is InChI=1S/C28H34N4O3/c1-17-20-10-4-5-11-21(20)22-12-6-8-14-25(22)32(28(17)35)31-26(33)18(2)29-27(34)24-16-15-19-9-3-7-13-23(19)30-24/h4-6,8,10-12,14,17-19,23-24,30H,3,7,9,13,15-16H2,1-2H3,(H,29,34)(H,31,33)/t17?,18-,19?,23?,24?/m0/s1. The Bertz CT molecular complexity index is 1130. The fourth-order valence-corrected chi connectivity index (χ4v) is 5.87. The highest BCUT2D eigenvalue weighted by Gasteiger charge is 2.36. The molecule has 4 unspecified atom stereocenters.